The Hall–Kier alpha value is -0.0800. The molecule has 10 heavy (non-hydrogen) atoms. The van der Waals surface area contributed by atoms with Crippen LogP contribution in [-0.4, -0.2) is 18.2 Å². The standard InChI is InChI=1S/C8H14NO/c1-5(10)7-4-6-2-3-8(7)9-6/h5-9H,2-4H2,1H3. The number of nitrogens with one attached hydrogen (secondary N) is 1. The Labute approximate surface area is 61.6 Å². The monoisotopic (exact) mass is 140 g/mol. The van der Waals surface area contributed by atoms with Crippen LogP contribution in [0.3, 0.4) is 0 Å². The van der Waals surface area contributed by atoms with Gasteiger partial charge in [0.2, 0.25) is 0 Å². The highest BCUT2D eigenvalue weighted by atomic mass is 16.3. The Morgan fingerprint density at radius 2 is 2.30 bits per heavy atom. The molecule has 0 aliphatic carbocycles. The van der Waals surface area contributed by atoms with Crippen LogP contribution >= 0.6 is 0 Å². The molecule has 2 saturated heterocycles. The molecule has 2 heteroatoms. The predicted molar refractivity (Wildman–Crippen MR) is 38.2 cm³/mol. The van der Waals surface area contributed by atoms with E-state index >= 15 is 0 Å². The van der Waals surface area contributed by atoms with Gasteiger partial charge in [-0.25, -0.2) is 5.11 Å². The van der Waals surface area contributed by atoms with Crippen molar-refractivity contribution in [3.05, 3.63) is 0 Å². The summed E-state index contributed by atoms with van der Waals surface area (Å²) < 4.78 is 0. The summed E-state index contributed by atoms with van der Waals surface area (Å²) in [6, 6.07) is 1.25. The molecular weight excluding hydrogens is 126 g/mol. The van der Waals surface area contributed by atoms with E-state index in [0.29, 0.717) is 18.0 Å². The maximum Gasteiger partial charge on any atom is 0.0945 e. The number of hydrogen-bond acceptors (Lipinski definition) is 1. The summed E-state index contributed by atoms with van der Waals surface area (Å²) in [6.07, 6.45) is 3.31. The van der Waals surface area contributed by atoms with Gasteiger partial charge in [0.25, 0.3) is 0 Å². The van der Waals surface area contributed by atoms with Gasteiger partial charge in [-0.2, -0.15) is 0 Å². The van der Waals surface area contributed by atoms with E-state index in [9.17, 15) is 5.11 Å². The topological polar surface area (TPSA) is 31.9 Å². The molecule has 1 radical (unpaired) electrons. The van der Waals surface area contributed by atoms with Crippen molar-refractivity contribution in [3.8, 4) is 0 Å². The van der Waals surface area contributed by atoms with Crippen LogP contribution in [0.15, 0.2) is 0 Å². The van der Waals surface area contributed by atoms with Gasteiger partial charge in [-0.15, -0.1) is 0 Å². The first kappa shape index (κ1) is 6.62. The molecule has 0 saturated carbocycles. The first-order valence-electron chi connectivity index (χ1n) is 4.19. The van der Waals surface area contributed by atoms with Crippen molar-refractivity contribution in [2.24, 2.45) is 5.92 Å². The molecule has 2 nitrogen and oxygen atoms in total. The zero-order chi connectivity index (χ0) is 7.14. The lowest BCUT2D eigenvalue weighted by atomic mass is 9.86. The van der Waals surface area contributed by atoms with Crippen LogP contribution in [0.2, 0.25) is 0 Å². The third kappa shape index (κ3) is 0.867. The van der Waals surface area contributed by atoms with Crippen molar-refractivity contribution < 1.29 is 5.11 Å². The van der Waals surface area contributed by atoms with E-state index in [4.69, 9.17) is 0 Å². The van der Waals surface area contributed by atoms with Crippen LogP contribution in [-0.2, 0) is 5.11 Å². The molecule has 0 aromatic rings. The molecule has 0 spiro atoms. The van der Waals surface area contributed by atoms with Gasteiger partial charge in [0.15, 0.2) is 0 Å². The van der Waals surface area contributed by atoms with E-state index in [0.717, 1.165) is 6.42 Å². The fourth-order valence-electron chi connectivity index (χ4n) is 2.39. The van der Waals surface area contributed by atoms with Crippen molar-refractivity contribution in [1.82, 2.24) is 5.32 Å². The van der Waals surface area contributed by atoms with Crippen molar-refractivity contribution in [1.29, 1.82) is 0 Å². The van der Waals surface area contributed by atoms with Crippen LogP contribution in [0.5, 0.6) is 0 Å². The molecule has 0 aromatic heterocycles. The average Bonchev–Trinajstić information content (AvgIpc) is 2.44. The largest absolute Gasteiger partial charge is 0.311 e. The average molecular weight is 140 g/mol. The maximum atomic E-state index is 11.1. The molecule has 2 heterocycles. The van der Waals surface area contributed by atoms with Gasteiger partial charge in [0, 0.05) is 18.0 Å². The second kappa shape index (κ2) is 2.21. The Morgan fingerprint density at radius 1 is 1.50 bits per heavy atom. The maximum absolute atomic E-state index is 11.1. The Balaban J connectivity index is 2.02. The minimum Gasteiger partial charge on any atom is -0.311 e. The van der Waals surface area contributed by atoms with Crippen LogP contribution < -0.4 is 5.32 Å². The minimum atomic E-state index is -0.359. The van der Waals surface area contributed by atoms with Crippen molar-refractivity contribution in [2.45, 2.75) is 44.4 Å². The van der Waals surface area contributed by atoms with Crippen molar-refractivity contribution in [2.75, 3.05) is 0 Å². The Kier molecular flexibility index (Phi) is 1.46. The molecule has 2 bridgehead atoms. The van der Waals surface area contributed by atoms with Gasteiger partial charge < -0.3 is 5.32 Å². The highest BCUT2D eigenvalue weighted by Crippen LogP contribution is 2.35. The summed E-state index contributed by atoms with van der Waals surface area (Å²) in [5.74, 6) is 0.429. The van der Waals surface area contributed by atoms with Crippen LogP contribution in [0.1, 0.15) is 26.2 Å². The Bertz CT molecular complexity index is 135. The lowest BCUT2D eigenvalue weighted by Crippen LogP contribution is -2.29. The minimum absolute atomic E-state index is 0.359. The highest BCUT2D eigenvalue weighted by Gasteiger charge is 2.41. The number of hydrogen-bond donors (Lipinski definition) is 1. The second-order valence-electron chi connectivity index (χ2n) is 3.65. The summed E-state index contributed by atoms with van der Waals surface area (Å²) in [5, 5.41) is 14.5. The van der Waals surface area contributed by atoms with Gasteiger partial charge >= 0.3 is 0 Å². The highest BCUT2D eigenvalue weighted by molar-refractivity contribution is 4.98. The molecule has 2 rings (SSSR count). The van der Waals surface area contributed by atoms with Crippen molar-refractivity contribution >= 4 is 0 Å². The summed E-state index contributed by atoms with van der Waals surface area (Å²) in [6.45, 7) is 1.80. The van der Waals surface area contributed by atoms with E-state index < -0.39 is 0 Å². The van der Waals surface area contributed by atoms with Crippen LogP contribution in [0.25, 0.3) is 0 Å². The van der Waals surface area contributed by atoms with Crippen LogP contribution in [0.4, 0.5) is 0 Å². The van der Waals surface area contributed by atoms with E-state index in [1.54, 1.807) is 6.92 Å². The molecule has 4 unspecified atom stereocenters. The first-order chi connectivity index (χ1) is 4.77. The van der Waals surface area contributed by atoms with E-state index in [1.165, 1.54) is 12.8 Å². The molecule has 0 amide bonds. The summed E-state index contributed by atoms with van der Waals surface area (Å²) in [4.78, 5) is 0. The summed E-state index contributed by atoms with van der Waals surface area (Å²) in [5.41, 5.74) is 0. The smallest absolute Gasteiger partial charge is 0.0945 e. The van der Waals surface area contributed by atoms with E-state index in [2.05, 4.69) is 5.32 Å². The SMILES string of the molecule is CC([O])C1CC2CCC1N2. The fourth-order valence-corrected chi connectivity index (χ4v) is 2.39. The zero-order valence-corrected chi connectivity index (χ0v) is 6.34. The zero-order valence-electron chi connectivity index (χ0n) is 6.34. The van der Waals surface area contributed by atoms with E-state index in [-0.39, 0.29) is 6.10 Å². The predicted octanol–water partition coefficient (Wildman–Crippen LogP) is 0.946. The molecule has 1 N–H and O–H groups in total. The molecule has 2 fully saturated rings. The molecule has 2 aliphatic rings. The quantitative estimate of drug-likeness (QED) is 0.577. The number of rotatable bonds is 1. The fraction of sp³-hybridized carbons (Fsp3) is 1.00. The van der Waals surface area contributed by atoms with Gasteiger partial charge in [-0.3, -0.25) is 0 Å². The lowest BCUT2D eigenvalue weighted by Gasteiger charge is -2.20. The molecule has 57 valence electrons. The third-order valence-corrected chi connectivity index (χ3v) is 2.95. The Morgan fingerprint density at radius 3 is 2.60 bits per heavy atom. The van der Waals surface area contributed by atoms with Gasteiger partial charge in [-0.05, 0) is 26.2 Å². The van der Waals surface area contributed by atoms with Gasteiger partial charge in [0.1, 0.15) is 0 Å². The third-order valence-electron chi connectivity index (χ3n) is 2.95. The first-order valence-corrected chi connectivity index (χ1v) is 4.19. The number of fused-ring (bicyclic) bond motifs is 2. The van der Waals surface area contributed by atoms with E-state index in [1.807, 2.05) is 0 Å². The second-order valence-corrected chi connectivity index (χ2v) is 3.65. The van der Waals surface area contributed by atoms with Gasteiger partial charge in [-0.1, -0.05) is 0 Å². The molecule has 0 aromatic carbocycles. The van der Waals surface area contributed by atoms with Crippen LogP contribution in [0, 0.1) is 5.92 Å². The van der Waals surface area contributed by atoms with Gasteiger partial charge in [0.05, 0.1) is 6.10 Å². The van der Waals surface area contributed by atoms with Crippen molar-refractivity contribution in [3.63, 3.8) is 0 Å². The summed E-state index contributed by atoms with van der Waals surface area (Å²) in [7, 11) is 0. The normalized spacial score (nSPS) is 48.0. The molecule has 2 aliphatic heterocycles. The summed E-state index contributed by atoms with van der Waals surface area (Å²) >= 11 is 0. The lowest BCUT2D eigenvalue weighted by molar-refractivity contribution is 0.0419. The molecular formula is C8H14NO. The molecule has 4 atom stereocenters.